The molecule has 0 saturated heterocycles. The van der Waals surface area contributed by atoms with E-state index in [-0.39, 0.29) is 0 Å². The van der Waals surface area contributed by atoms with E-state index < -0.39 is 0 Å². The van der Waals surface area contributed by atoms with Crippen molar-refractivity contribution in [1.29, 1.82) is 5.26 Å². The summed E-state index contributed by atoms with van der Waals surface area (Å²) < 4.78 is 0. The Kier molecular flexibility index (Phi) is 3.61. The minimum Gasteiger partial charge on any atom is -0.397 e. The smallest absolute Gasteiger partial charge is 0.0992 e. The van der Waals surface area contributed by atoms with Gasteiger partial charge in [0.15, 0.2) is 0 Å². The molecule has 0 saturated carbocycles. The van der Waals surface area contributed by atoms with Crippen molar-refractivity contribution in [3.05, 3.63) is 52.0 Å². The van der Waals surface area contributed by atoms with Crippen LogP contribution in [0.25, 0.3) is 0 Å². The van der Waals surface area contributed by atoms with Gasteiger partial charge in [-0.25, -0.2) is 0 Å². The summed E-state index contributed by atoms with van der Waals surface area (Å²) in [5.74, 6) is 0. The van der Waals surface area contributed by atoms with Crippen molar-refractivity contribution in [3.8, 4) is 6.07 Å². The summed E-state index contributed by atoms with van der Waals surface area (Å²) in [5, 5.41) is 12.9. The minimum atomic E-state index is 0.455. The molecule has 18 heavy (non-hydrogen) atoms. The lowest BCUT2D eigenvalue weighted by Crippen LogP contribution is -1.96. The lowest BCUT2D eigenvalue weighted by Gasteiger charge is -2.10. The molecule has 0 unspecified atom stereocenters. The molecular weight excluding hydrogens is 269 g/mol. The Balaban J connectivity index is 2.33. The average Bonchev–Trinajstić information content (AvgIpc) is 2.36. The maximum Gasteiger partial charge on any atom is 0.0992 e. The highest BCUT2D eigenvalue weighted by Crippen LogP contribution is 2.29. The summed E-state index contributed by atoms with van der Waals surface area (Å²) >= 11 is 11.8. The molecule has 0 aliphatic heterocycles. The molecule has 3 nitrogen and oxygen atoms in total. The number of hydrogen-bond donors (Lipinski definition) is 2. The molecule has 3 N–H and O–H groups in total. The molecule has 0 spiro atoms. The highest BCUT2D eigenvalue weighted by Gasteiger charge is 2.03. The Bertz CT molecular complexity index is 633. The zero-order valence-corrected chi connectivity index (χ0v) is 10.8. The van der Waals surface area contributed by atoms with E-state index in [1.807, 2.05) is 0 Å². The largest absolute Gasteiger partial charge is 0.397 e. The number of anilines is 3. The molecule has 0 aliphatic carbocycles. The Morgan fingerprint density at radius 2 is 1.83 bits per heavy atom. The first-order valence-corrected chi connectivity index (χ1v) is 5.87. The van der Waals surface area contributed by atoms with Crippen LogP contribution in [0.1, 0.15) is 5.56 Å². The van der Waals surface area contributed by atoms with Crippen molar-refractivity contribution in [2.45, 2.75) is 0 Å². The predicted molar refractivity (Wildman–Crippen MR) is 75.3 cm³/mol. The molecule has 0 heterocycles. The zero-order valence-electron chi connectivity index (χ0n) is 9.24. The van der Waals surface area contributed by atoms with Gasteiger partial charge >= 0.3 is 0 Å². The van der Waals surface area contributed by atoms with E-state index in [1.54, 1.807) is 36.4 Å². The van der Waals surface area contributed by atoms with Crippen molar-refractivity contribution in [1.82, 2.24) is 0 Å². The van der Waals surface area contributed by atoms with Crippen LogP contribution < -0.4 is 11.1 Å². The average molecular weight is 278 g/mol. The van der Waals surface area contributed by atoms with Crippen LogP contribution in [-0.2, 0) is 0 Å². The first kappa shape index (κ1) is 12.6. The van der Waals surface area contributed by atoms with Gasteiger partial charge in [-0.3, -0.25) is 0 Å². The second-order valence-electron chi connectivity index (χ2n) is 3.67. The monoisotopic (exact) mass is 277 g/mol. The number of hydrogen-bond acceptors (Lipinski definition) is 3. The summed E-state index contributed by atoms with van der Waals surface area (Å²) in [7, 11) is 0. The normalized spacial score (nSPS) is 9.83. The van der Waals surface area contributed by atoms with Crippen LogP contribution in [0.2, 0.25) is 10.0 Å². The molecule has 2 aromatic carbocycles. The number of rotatable bonds is 2. The van der Waals surface area contributed by atoms with E-state index in [0.717, 1.165) is 5.69 Å². The van der Waals surface area contributed by atoms with E-state index in [4.69, 9.17) is 34.2 Å². The van der Waals surface area contributed by atoms with E-state index in [2.05, 4.69) is 11.4 Å². The van der Waals surface area contributed by atoms with Crippen LogP contribution in [-0.4, -0.2) is 0 Å². The molecule has 0 aliphatic rings. The first-order valence-electron chi connectivity index (χ1n) is 5.12. The van der Waals surface area contributed by atoms with E-state index in [1.165, 1.54) is 0 Å². The third-order valence-electron chi connectivity index (χ3n) is 2.38. The van der Waals surface area contributed by atoms with Gasteiger partial charge in [0, 0.05) is 5.69 Å². The lowest BCUT2D eigenvalue weighted by molar-refractivity contribution is 1.47. The fourth-order valence-corrected chi connectivity index (χ4v) is 1.76. The Morgan fingerprint density at radius 1 is 1.06 bits per heavy atom. The van der Waals surface area contributed by atoms with Crippen LogP contribution in [0.4, 0.5) is 17.1 Å². The Labute approximate surface area is 115 Å². The summed E-state index contributed by atoms with van der Waals surface area (Å²) in [5.41, 5.74) is 8.33. The molecule has 2 rings (SSSR count). The summed E-state index contributed by atoms with van der Waals surface area (Å²) in [6.07, 6.45) is 0. The number of nitrogens with one attached hydrogen (secondary N) is 1. The van der Waals surface area contributed by atoms with Crippen molar-refractivity contribution in [2.24, 2.45) is 0 Å². The number of halogens is 2. The van der Waals surface area contributed by atoms with Crippen LogP contribution in [0.5, 0.6) is 0 Å². The van der Waals surface area contributed by atoms with Gasteiger partial charge in [0.2, 0.25) is 0 Å². The van der Waals surface area contributed by atoms with Crippen LogP contribution in [0, 0.1) is 11.3 Å². The summed E-state index contributed by atoms with van der Waals surface area (Å²) in [6.45, 7) is 0. The Morgan fingerprint density at radius 3 is 2.50 bits per heavy atom. The maximum absolute atomic E-state index is 8.84. The van der Waals surface area contributed by atoms with Gasteiger partial charge in [-0.1, -0.05) is 23.2 Å². The highest BCUT2D eigenvalue weighted by molar-refractivity contribution is 6.42. The lowest BCUT2D eigenvalue weighted by atomic mass is 10.2. The number of nitrogens with two attached hydrogens (primary N) is 1. The highest BCUT2D eigenvalue weighted by atomic mass is 35.5. The van der Waals surface area contributed by atoms with Crippen LogP contribution >= 0.6 is 23.2 Å². The van der Waals surface area contributed by atoms with Crippen molar-refractivity contribution in [2.75, 3.05) is 11.1 Å². The second kappa shape index (κ2) is 5.18. The maximum atomic E-state index is 8.84. The van der Waals surface area contributed by atoms with E-state index >= 15 is 0 Å². The van der Waals surface area contributed by atoms with Gasteiger partial charge in [-0.15, -0.1) is 0 Å². The predicted octanol–water partition coefficient (Wildman–Crippen LogP) is 4.19. The molecule has 0 atom stereocenters. The molecule has 0 amide bonds. The molecule has 90 valence electrons. The number of nitrogens with zero attached hydrogens (tertiary/aromatic N) is 1. The molecule has 2 aromatic rings. The standard InChI is InChI=1S/C13H9Cl2N3/c14-10-3-2-9(6-11(10)15)18-13-5-8(7-16)1-4-12(13)17/h1-6,18H,17H2. The van der Waals surface area contributed by atoms with Gasteiger partial charge in [0.05, 0.1) is 33.1 Å². The topological polar surface area (TPSA) is 61.8 Å². The van der Waals surface area contributed by atoms with Crippen molar-refractivity contribution >= 4 is 40.3 Å². The molecule has 0 aromatic heterocycles. The third kappa shape index (κ3) is 2.67. The first-order chi connectivity index (χ1) is 8.60. The van der Waals surface area contributed by atoms with Gasteiger partial charge in [-0.2, -0.15) is 5.26 Å². The summed E-state index contributed by atoms with van der Waals surface area (Å²) in [6, 6.07) is 12.2. The van der Waals surface area contributed by atoms with Gasteiger partial charge < -0.3 is 11.1 Å². The van der Waals surface area contributed by atoms with E-state index in [9.17, 15) is 0 Å². The van der Waals surface area contributed by atoms with Crippen LogP contribution in [0.3, 0.4) is 0 Å². The van der Waals surface area contributed by atoms with Crippen LogP contribution in [0.15, 0.2) is 36.4 Å². The second-order valence-corrected chi connectivity index (χ2v) is 4.48. The number of nitriles is 1. The molecule has 0 bridgehead atoms. The van der Waals surface area contributed by atoms with Gasteiger partial charge in [0.1, 0.15) is 0 Å². The van der Waals surface area contributed by atoms with Gasteiger partial charge in [-0.05, 0) is 36.4 Å². The van der Waals surface area contributed by atoms with Crippen molar-refractivity contribution in [3.63, 3.8) is 0 Å². The SMILES string of the molecule is N#Cc1ccc(N)c(Nc2ccc(Cl)c(Cl)c2)c1. The fourth-order valence-electron chi connectivity index (χ4n) is 1.46. The minimum absolute atomic E-state index is 0.455. The molecular formula is C13H9Cl2N3. The molecule has 0 fully saturated rings. The van der Waals surface area contributed by atoms with E-state index in [0.29, 0.717) is 27.0 Å². The number of benzene rings is 2. The fraction of sp³-hybridized carbons (Fsp3) is 0. The molecule has 5 heteroatoms. The third-order valence-corrected chi connectivity index (χ3v) is 3.12. The number of nitrogen functional groups attached to an aromatic ring is 1. The van der Waals surface area contributed by atoms with Crippen molar-refractivity contribution < 1.29 is 0 Å². The Hall–Kier alpha value is -1.89. The van der Waals surface area contributed by atoms with Gasteiger partial charge in [0.25, 0.3) is 0 Å². The summed E-state index contributed by atoms with van der Waals surface area (Å²) in [4.78, 5) is 0. The quantitative estimate of drug-likeness (QED) is 0.809. The molecule has 0 radical (unpaired) electrons. The zero-order chi connectivity index (χ0) is 13.1.